The SMILES string of the molecule is COC1CNC(C(=O)NCc2ccnc(C)n2)C1. The molecule has 0 bridgehead atoms. The van der Waals surface area contributed by atoms with E-state index in [4.69, 9.17) is 4.74 Å². The molecule has 2 rings (SSSR count). The van der Waals surface area contributed by atoms with Crippen LogP contribution in [0.3, 0.4) is 0 Å². The van der Waals surface area contributed by atoms with Crippen LogP contribution in [-0.4, -0.2) is 41.7 Å². The summed E-state index contributed by atoms with van der Waals surface area (Å²) in [5, 5.41) is 6.00. The molecule has 1 aliphatic rings. The fourth-order valence-electron chi connectivity index (χ4n) is 1.99. The topological polar surface area (TPSA) is 76.1 Å². The summed E-state index contributed by atoms with van der Waals surface area (Å²) in [5.41, 5.74) is 0.817. The first-order valence-corrected chi connectivity index (χ1v) is 6.01. The van der Waals surface area contributed by atoms with Crippen molar-refractivity contribution in [2.45, 2.75) is 32.0 Å². The first kappa shape index (κ1) is 12.9. The Labute approximate surface area is 106 Å². The molecule has 18 heavy (non-hydrogen) atoms. The van der Waals surface area contributed by atoms with Gasteiger partial charge < -0.3 is 15.4 Å². The molecular weight excluding hydrogens is 232 g/mol. The monoisotopic (exact) mass is 250 g/mol. The van der Waals surface area contributed by atoms with E-state index in [0.717, 1.165) is 12.2 Å². The van der Waals surface area contributed by atoms with Crippen LogP contribution >= 0.6 is 0 Å². The zero-order valence-corrected chi connectivity index (χ0v) is 10.6. The molecule has 1 fully saturated rings. The van der Waals surface area contributed by atoms with Gasteiger partial charge in [0.2, 0.25) is 5.91 Å². The lowest BCUT2D eigenvalue weighted by atomic mass is 10.2. The second kappa shape index (κ2) is 5.88. The number of methoxy groups -OCH3 is 1. The van der Waals surface area contributed by atoms with Crippen molar-refractivity contribution >= 4 is 5.91 Å². The number of ether oxygens (including phenoxy) is 1. The summed E-state index contributed by atoms with van der Waals surface area (Å²) in [6.07, 6.45) is 2.53. The Bertz CT molecular complexity index is 424. The Balaban J connectivity index is 1.82. The maximum absolute atomic E-state index is 11.9. The number of aryl methyl sites for hydroxylation is 1. The van der Waals surface area contributed by atoms with Crippen LogP contribution in [0.25, 0.3) is 0 Å². The van der Waals surface area contributed by atoms with Crippen molar-refractivity contribution in [1.29, 1.82) is 0 Å². The van der Waals surface area contributed by atoms with Gasteiger partial charge in [0.1, 0.15) is 5.82 Å². The third-order valence-electron chi connectivity index (χ3n) is 3.02. The largest absolute Gasteiger partial charge is 0.380 e. The predicted octanol–water partition coefficient (Wildman–Crippen LogP) is -0.222. The first-order valence-electron chi connectivity index (χ1n) is 6.01. The van der Waals surface area contributed by atoms with Gasteiger partial charge in [0.15, 0.2) is 0 Å². The summed E-state index contributed by atoms with van der Waals surface area (Å²) >= 11 is 0. The maximum atomic E-state index is 11.9. The Hall–Kier alpha value is -1.53. The summed E-state index contributed by atoms with van der Waals surface area (Å²) < 4.78 is 5.21. The fraction of sp³-hybridized carbons (Fsp3) is 0.583. The second-order valence-corrected chi connectivity index (χ2v) is 4.37. The molecule has 0 radical (unpaired) electrons. The minimum absolute atomic E-state index is 0.00850. The molecule has 2 N–H and O–H groups in total. The lowest BCUT2D eigenvalue weighted by molar-refractivity contribution is -0.123. The molecule has 2 heterocycles. The molecule has 1 aromatic rings. The number of nitrogens with one attached hydrogen (secondary N) is 2. The molecule has 6 heteroatoms. The zero-order chi connectivity index (χ0) is 13.0. The molecule has 98 valence electrons. The quantitative estimate of drug-likeness (QED) is 0.772. The number of hydrogen-bond donors (Lipinski definition) is 2. The highest BCUT2D eigenvalue weighted by Crippen LogP contribution is 2.09. The number of rotatable bonds is 4. The van der Waals surface area contributed by atoms with Crippen molar-refractivity contribution in [1.82, 2.24) is 20.6 Å². The lowest BCUT2D eigenvalue weighted by Crippen LogP contribution is -2.40. The number of carbonyl (C=O) groups is 1. The molecule has 1 aromatic heterocycles. The Kier molecular flexibility index (Phi) is 4.22. The lowest BCUT2D eigenvalue weighted by Gasteiger charge is -2.11. The zero-order valence-electron chi connectivity index (χ0n) is 10.6. The molecule has 0 spiro atoms. The van der Waals surface area contributed by atoms with Crippen LogP contribution in [0.4, 0.5) is 0 Å². The van der Waals surface area contributed by atoms with Crippen LogP contribution in [0, 0.1) is 6.92 Å². The van der Waals surface area contributed by atoms with Gasteiger partial charge in [0, 0.05) is 19.9 Å². The molecule has 0 aromatic carbocycles. The van der Waals surface area contributed by atoms with E-state index in [0.29, 0.717) is 18.8 Å². The molecule has 1 aliphatic heterocycles. The van der Waals surface area contributed by atoms with Crippen LogP contribution in [-0.2, 0) is 16.1 Å². The minimum atomic E-state index is -0.169. The average molecular weight is 250 g/mol. The van der Waals surface area contributed by atoms with Gasteiger partial charge >= 0.3 is 0 Å². The number of amides is 1. The minimum Gasteiger partial charge on any atom is -0.380 e. The van der Waals surface area contributed by atoms with E-state index in [-0.39, 0.29) is 18.1 Å². The Morgan fingerprint density at radius 2 is 2.50 bits per heavy atom. The van der Waals surface area contributed by atoms with Gasteiger partial charge in [-0.15, -0.1) is 0 Å². The highest BCUT2D eigenvalue weighted by Gasteiger charge is 2.28. The molecule has 1 saturated heterocycles. The molecule has 0 saturated carbocycles. The van der Waals surface area contributed by atoms with Crippen molar-refractivity contribution in [2.75, 3.05) is 13.7 Å². The molecule has 2 atom stereocenters. The number of carbonyl (C=O) groups excluding carboxylic acids is 1. The third kappa shape index (κ3) is 3.24. The molecule has 2 unspecified atom stereocenters. The van der Waals surface area contributed by atoms with Gasteiger partial charge in [-0.2, -0.15) is 0 Å². The van der Waals surface area contributed by atoms with Gasteiger partial charge in [-0.05, 0) is 19.4 Å². The van der Waals surface area contributed by atoms with Crippen molar-refractivity contribution in [3.05, 3.63) is 23.8 Å². The maximum Gasteiger partial charge on any atom is 0.237 e. The van der Waals surface area contributed by atoms with Crippen LogP contribution in [0.15, 0.2) is 12.3 Å². The van der Waals surface area contributed by atoms with E-state index in [1.165, 1.54) is 0 Å². The van der Waals surface area contributed by atoms with E-state index >= 15 is 0 Å². The molecular formula is C12H18N4O2. The van der Waals surface area contributed by atoms with Crippen LogP contribution < -0.4 is 10.6 Å². The van der Waals surface area contributed by atoms with E-state index < -0.39 is 0 Å². The second-order valence-electron chi connectivity index (χ2n) is 4.37. The van der Waals surface area contributed by atoms with Gasteiger partial charge in [0.05, 0.1) is 24.4 Å². The summed E-state index contributed by atoms with van der Waals surface area (Å²) in [4.78, 5) is 20.1. The van der Waals surface area contributed by atoms with Crippen molar-refractivity contribution in [3.8, 4) is 0 Å². The number of hydrogen-bond acceptors (Lipinski definition) is 5. The van der Waals surface area contributed by atoms with Crippen LogP contribution in [0.5, 0.6) is 0 Å². The average Bonchev–Trinajstić information content (AvgIpc) is 2.85. The third-order valence-corrected chi connectivity index (χ3v) is 3.02. The van der Waals surface area contributed by atoms with Crippen LogP contribution in [0.2, 0.25) is 0 Å². The fourth-order valence-corrected chi connectivity index (χ4v) is 1.99. The molecule has 6 nitrogen and oxygen atoms in total. The summed E-state index contributed by atoms with van der Waals surface area (Å²) in [5.74, 6) is 0.700. The Morgan fingerprint density at radius 3 is 3.17 bits per heavy atom. The van der Waals surface area contributed by atoms with Crippen molar-refractivity contribution in [2.24, 2.45) is 0 Å². The highest BCUT2D eigenvalue weighted by molar-refractivity contribution is 5.82. The molecule has 1 amide bonds. The first-order chi connectivity index (χ1) is 8.69. The number of nitrogens with zero attached hydrogens (tertiary/aromatic N) is 2. The van der Waals surface area contributed by atoms with Gasteiger partial charge in [-0.3, -0.25) is 4.79 Å². The van der Waals surface area contributed by atoms with E-state index in [1.54, 1.807) is 19.4 Å². The van der Waals surface area contributed by atoms with Gasteiger partial charge in [0.25, 0.3) is 0 Å². The number of aromatic nitrogens is 2. The van der Waals surface area contributed by atoms with Gasteiger partial charge in [-0.25, -0.2) is 9.97 Å². The summed E-state index contributed by atoms with van der Waals surface area (Å²) in [6, 6.07) is 1.63. The van der Waals surface area contributed by atoms with E-state index in [1.807, 2.05) is 6.92 Å². The standard InChI is InChI=1S/C12H18N4O2/c1-8-13-4-3-9(16-8)6-15-12(17)11-5-10(18-2)7-14-11/h3-4,10-11,14H,5-7H2,1-2H3,(H,15,17). The van der Waals surface area contributed by atoms with Crippen molar-refractivity contribution in [3.63, 3.8) is 0 Å². The normalized spacial score (nSPS) is 23.0. The van der Waals surface area contributed by atoms with Crippen molar-refractivity contribution < 1.29 is 9.53 Å². The van der Waals surface area contributed by atoms with E-state index in [9.17, 15) is 4.79 Å². The smallest absolute Gasteiger partial charge is 0.237 e. The predicted molar refractivity (Wildman–Crippen MR) is 65.8 cm³/mol. The van der Waals surface area contributed by atoms with E-state index in [2.05, 4.69) is 20.6 Å². The molecule has 0 aliphatic carbocycles. The van der Waals surface area contributed by atoms with Crippen LogP contribution in [0.1, 0.15) is 17.9 Å². The van der Waals surface area contributed by atoms with Gasteiger partial charge in [-0.1, -0.05) is 0 Å². The highest BCUT2D eigenvalue weighted by atomic mass is 16.5. The Morgan fingerprint density at radius 1 is 1.67 bits per heavy atom. The summed E-state index contributed by atoms with van der Waals surface area (Å²) in [7, 11) is 1.66. The summed E-state index contributed by atoms with van der Waals surface area (Å²) in [6.45, 7) is 2.98.